The van der Waals surface area contributed by atoms with Crippen molar-refractivity contribution >= 4 is 27.3 Å². The fraction of sp³-hybridized carbons (Fsp3) is 0.364. The topological polar surface area (TPSA) is 87.3 Å². The summed E-state index contributed by atoms with van der Waals surface area (Å²) in [4.78, 5) is 11.5. The van der Waals surface area contributed by atoms with Crippen molar-refractivity contribution in [1.29, 1.82) is 0 Å². The quantitative estimate of drug-likeness (QED) is 0.732. The molecule has 21 heavy (non-hydrogen) atoms. The second-order valence-electron chi connectivity index (χ2n) is 4.19. The molecule has 0 saturated heterocycles. The van der Waals surface area contributed by atoms with Crippen LogP contribution in [0.5, 0.6) is 0 Å². The maximum absolute atomic E-state index is 11.9. The average molecular weight is 325 g/mol. The van der Waals surface area contributed by atoms with Crippen molar-refractivity contribution in [2.24, 2.45) is 0 Å². The minimum absolute atomic E-state index is 0.129. The highest BCUT2D eigenvalue weighted by molar-refractivity contribution is 7.92. The summed E-state index contributed by atoms with van der Waals surface area (Å²) < 4.78 is 60.2. The number of hydrogen-bond acceptors (Lipinski definition) is 4. The van der Waals surface area contributed by atoms with Crippen LogP contribution in [0, 0.1) is 0 Å². The zero-order valence-electron chi connectivity index (χ0n) is 11.0. The van der Waals surface area contributed by atoms with E-state index in [4.69, 9.17) is 0 Å². The summed E-state index contributed by atoms with van der Waals surface area (Å²) in [5.41, 5.74) is 0.283. The molecule has 0 fully saturated rings. The first-order valence-corrected chi connectivity index (χ1v) is 7.60. The molecule has 0 bridgehead atoms. The molecule has 1 rings (SSSR count). The molecular formula is C11H14F3N3O3S. The van der Waals surface area contributed by atoms with Gasteiger partial charge in [0.2, 0.25) is 15.9 Å². The van der Waals surface area contributed by atoms with Crippen molar-refractivity contribution in [3.8, 4) is 0 Å². The van der Waals surface area contributed by atoms with Gasteiger partial charge in [-0.15, -0.1) is 0 Å². The smallest absolute Gasteiger partial charge is 0.323 e. The van der Waals surface area contributed by atoms with Crippen LogP contribution in [0.15, 0.2) is 24.3 Å². The predicted molar refractivity (Wildman–Crippen MR) is 72.5 cm³/mol. The molecule has 1 aromatic rings. The highest BCUT2D eigenvalue weighted by Gasteiger charge is 2.26. The van der Waals surface area contributed by atoms with Crippen molar-refractivity contribution in [2.45, 2.75) is 6.18 Å². The van der Waals surface area contributed by atoms with Gasteiger partial charge in [-0.3, -0.25) is 9.52 Å². The lowest BCUT2D eigenvalue weighted by molar-refractivity contribution is -0.126. The third kappa shape index (κ3) is 7.51. The lowest BCUT2D eigenvalue weighted by atomic mass is 10.2. The molecule has 0 aliphatic heterocycles. The third-order valence-electron chi connectivity index (χ3n) is 2.11. The Kier molecular flexibility index (Phi) is 5.55. The summed E-state index contributed by atoms with van der Waals surface area (Å²) in [5, 5.41) is 4.26. The minimum atomic E-state index is -4.41. The maximum Gasteiger partial charge on any atom is 0.401 e. The molecule has 0 aliphatic carbocycles. The molecule has 0 unspecified atom stereocenters. The number of hydrogen-bond donors (Lipinski definition) is 3. The normalized spacial score (nSPS) is 12.0. The molecule has 0 heterocycles. The molecule has 1 amide bonds. The van der Waals surface area contributed by atoms with Crippen LogP contribution >= 0.6 is 0 Å². The van der Waals surface area contributed by atoms with Crippen LogP contribution in [0.25, 0.3) is 0 Å². The van der Waals surface area contributed by atoms with E-state index in [1.807, 2.05) is 5.32 Å². The van der Waals surface area contributed by atoms with E-state index in [2.05, 4.69) is 10.0 Å². The number of para-hydroxylation sites is 2. The number of alkyl halides is 3. The van der Waals surface area contributed by atoms with Crippen LogP contribution in [0.2, 0.25) is 0 Å². The van der Waals surface area contributed by atoms with Gasteiger partial charge < -0.3 is 10.6 Å². The molecule has 118 valence electrons. The van der Waals surface area contributed by atoms with Crippen LogP contribution in [-0.2, 0) is 14.8 Å². The fourth-order valence-corrected chi connectivity index (χ4v) is 1.97. The fourth-order valence-electron chi connectivity index (χ4n) is 1.39. The Labute approximate surface area is 119 Å². The van der Waals surface area contributed by atoms with Gasteiger partial charge in [-0.05, 0) is 12.1 Å². The van der Waals surface area contributed by atoms with E-state index in [1.165, 1.54) is 12.1 Å². The first-order chi connectivity index (χ1) is 9.57. The average Bonchev–Trinajstić information content (AvgIpc) is 2.28. The third-order valence-corrected chi connectivity index (χ3v) is 2.70. The van der Waals surface area contributed by atoms with E-state index in [0.717, 1.165) is 6.26 Å². The number of anilines is 2. The monoisotopic (exact) mass is 325 g/mol. The van der Waals surface area contributed by atoms with E-state index in [9.17, 15) is 26.4 Å². The molecular weight excluding hydrogens is 311 g/mol. The Bertz CT molecular complexity index is 602. The Morgan fingerprint density at radius 3 is 2.29 bits per heavy atom. The molecule has 1 aromatic carbocycles. The Morgan fingerprint density at radius 1 is 1.19 bits per heavy atom. The van der Waals surface area contributed by atoms with Gasteiger partial charge in [-0.2, -0.15) is 13.2 Å². The van der Waals surface area contributed by atoms with Gasteiger partial charge in [-0.1, -0.05) is 12.1 Å². The lowest BCUT2D eigenvalue weighted by Gasteiger charge is -2.12. The van der Waals surface area contributed by atoms with E-state index in [-0.39, 0.29) is 11.4 Å². The molecule has 0 saturated carbocycles. The number of amides is 1. The summed E-state index contributed by atoms with van der Waals surface area (Å²) in [7, 11) is -3.54. The van der Waals surface area contributed by atoms with Gasteiger partial charge in [0.15, 0.2) is 0 Å². The second-order valence-corrected chi connectivity index (χ2v) is 5.94. The summed E-state index contributed by atoms with van der Waals surface area (Å²) in [6, 6.07) is 5.94. The number of carbonyl (C=O) groups is 1. The van der Waals surface area contributed by atoms with Crippen LogP contribution in [-0.4, -0.2) is 39.8 Å². The molecule has 0 aliphatic rings. The molecule has 3 N–H and O–H groups in total. The van der Waals surface area contributed by atoms with E-state index >= 15 is 0 Å². The van der Waals surface area contributed by atoms with Gasteiger partial charge in [0.05, 0.1) is 30.7 Å². The van der Waals surface area contributed by atoms with Crippen LogP contribution in [0.4, 0.5) is 24.5 Å². The van der Waals surface area contributed by atoms with Crippen LogP contribution in [0.1, 0.15) is 0 Å². The summed E-state index contributed by atoms with van der Waals surface area (Å²) >= 11 is 0. The molecule has 0 atom stereocenters. The first kappa shape index (κ1) is 17.2. The summed E-state index contributed by atoms with van der Waals surface area (Å²) in [6.45, 7) is -1.84. The number of halogens is 3. The maximum atomic E-state index is 11.9. The molecule has 0 aromatic heterocycles. The molecule has 0 radical (unpaired) electrons. The number of nitrogens with one attached hydrogen (secondary N) is 3. The van der Waals surface area contributed by atoms with Crippen molar-refractivity contribution in [1.82, 2.24) is 5.32 Å². The van der Waals surface area contributed by atoms with Crippen LogP contribution < -0.4 is 15.4 Å². The molecule has 10 heteroatoms. The van der Waals surface area contributed by atoms with Gasteiger partial charge in [-0.25, -0.2) is 8.42 Å². The molecule has 6 nitrogen and oxygen atoms in total. The van der Waals surface area contributed by atoms with E-state index in [1.54, 1.807) is 12.1 Å². The minimum Gasteiger partial charge on any atom is -0.323 e. The van der Waals surface area contributed by atoms with Gasteiger partial charge in [0, 0.05) is 0 Å². The van der Waals surface area contributed by atoms with Crippen molar-refractivity contribution in [3.05, 3.63) is 24.3 Å². The number of benzene rings is 1. The van der Waals surface area contributed by atoms with Gasteiger partial charge in [0.1, 0.15) is 0 Å². The Morgan fingerprint density at radius 2 is 1.76 bits per heavy atom. The predicted octanol–water partition coefficient (Wildman–Crippen LogP) is 1.15. The highest BCUT2D eigenvalue weighted by atomic mass is 32.2. The standard InChI is InChI=1S/C11H14F3N3O3S/c1-21(19,20)17-9-5-3-2-4-8(9)16-10(18)6-15-7-11(12,13)14/h2-5,15,17H,6-7H2,1H3,(H,16,18). The lowest BCUT2D eigenvalue weighted by Crippen LogP contribution is -2.35. The second kappa shape index (κ2) is 6.76. The van der Waals surface area contributed by atoms with E-state index < -0.39 is 35.2 Å². The van der Waals surface area contributed by atoms with Gasteiger partial charge in [0.25, 0.3) is 0 Å². The number of sulfonamides is 1. The summed E-state index contributed by atoms with van der Waals surface area (Å²) in [5.74, 6) is -0.720. The zero-order valence-corrected chi connectivity index (χ0v) is 11.8. The Balaban J connectivity index is 2.64. The largest absolute Gasteiger partial charge is 0.401 e. The van der Waals surface area contributed by atoms with Crippen molar-refractivity contribution < 1.29 is 26.4 Å². The number of rotatable bonds is 6. The van der Waals surface area contributed by atoms with Crippen molar-refractivity contribution in [2.75, 3.05) is 29.4 Å². The number of carbonyl (C=O) groups excluding carboxylic acids is 1. The van der Waals surface area contributed by atoms with Gasteiger partial charge >= 0.3 is 6.18 Å². The highest BCUT2D eigenvalue weighted by Crippen LogP contribution is 2.21. The SMILES string of the molecule is CS(=O)(=O)Nc1ccccc1NC(=O)CNCC(F)(F)F. The van der Waals surface area contributed by atoms with Crippen molar-refractivity contribution in [3.63, 3.8) is 0 Å². The zero-order chi connectivity index (χ0) is 16.1. The first-order valence-electron chi connectivity index (χ1n) is 5.71. The summed E-state index contributed by atoms with van der Waals surface area (Å²) in [6.07, 6.45) is -3.47. The van der Waals surface area contributed by atoms with Crippen LogP contribution in [0.3, 0.4) is 0 Å². The molecule has 0 spiro atoms. The Hall–Kier alpha value is -1.81. The van der Waals surface area contributed by atoms with E-state index in [0.29, 0.717) is 0 Å².